The van der Waals surface area contributed by atoms with E-state index in [4.69, 9.17) is 15.2 Å². The van der Waals surface area contributed by atoms with E-state index in [1.165, 1.54) is 16.4 Å². The molecular weight excluding hydrogens is 715 g/mol. The second-order valence-corrected chi connectivity index (χ2v) is 17.1. The minimum absolute atomic E-state index is 0.0120. The minimum Gasteiger partial charge on any atom is -0.443 e. The Morgan fingerprint density at radius 1 is 1.04 bits per heavy atom. The van der Waals surface area contributed by atoms with E-state index in [1.807, 2.05) is 65.0 Å². The molecule has 7 atom stereocenters. The number of aliphatic hydroxyl groups excluding tert-OH is 2. The summed E-state index contributed by atoms with van der Waals surface area (Å²) in [6.45, 7) is 9.87. The zero-order valence-corrected chi connectivity index (χ0v) is 32.9. The van der Waals surface area contributed by atoms with Gasteiger partial charge in [0.15, 0.2) is 0 Å². The molecule has 300 valence electrons. The number of likely N-dealkylation sites (tertiary alicyclic amines) is 1. The van der Waals surface area contributed by atoms with Gasteiger partial charge in [0.05, 0.1) is 35.8 Å². The third-order valence-corrected chi connectivity index (χ3v) is 12.1. The number of aliphatic hydroxyl groups is 2. The number of carbonyl (C=O) groups is 3. The average molecular weight is 774 g/mol. The Bertz CT molecular complexity index is 1630. The highest BCUT2D eigenvalue weighted by atomic mass is 32.2. The molecule has 6 N–H and O–H groups in total. The fraction of sp³-hybridized carbons (Fsp3) is 0.615. The highest BCUT2D eigenvalue weighted by Gasteiger charge is 2.39. The van der Waals surface area contributed by atoms with Gasteiger partial charge in [0.1, 0.15) is 12.1 Å². The maximum atomic E-state index is 14.1. The quantitative estimate of drug-likeness (QED) is 0.150. The molecule has 2 aromatic rings. The fourth-order valence-corrected chi connectivity index (χ4v) is 8.61. The van der Waals surface area contributed by atoms with Crippen molar-refractivity contribution in [3.63, 3.8) is 0 Å². The van der Waals surface area contributed by atoms with E-state index in [-0.39, 0.29) is 79.8 Å². The minimum atomic E-state index is -4.11. The summed E-state index contributed by atoms with van der Waals surface area (Å²) < 4.78 is 40.7. The smallest absolute Gasteiger partial charge is 0.407 e. The van der Waals surface area contributed by atoms with Gasteiger partial charge < -0.3 is 41.0 Å². The van der Waals surface area contributed by atoms with E-state index < -0.39 is 46.4 Å². The highest BCUT2D eigenvalue weighted by Crippen LogP contribution is 2.27. The zero-order chi connectivity index (χ0) is 39.6. The standard InChI is InChI=1S/C39H59N5O9S/c1-25(2)22-43(23-34(46)32(20-28-10-7-6-8-11-28)42-39(49)53-35-24-52-27(5)31(35)17-19-45)54(50,51)30-15-13-29(14-16-30)21-41-37(47)33-12-9-18-44(33)38(48)36(40)26(3)4/h6-8,10-11,13-16,25-27,31-36,45-46H,9,12,17-24,40H2,1-5H3,(H,41,47)(H,42,49)/t27-,31+,32-,33-,34+,35-,36-/m0/s1. The number of hydrogen-bond donors (Lipinski definition) is 5. The van der Waals surface area contributed by atoms with Gasteiger partial charge >= 0.3 is 6.09 Å². The number of nitrogens with two attached hydrogens (primary N) is 1. The summed E-state index contributed by atoms with van der Waals surface area (Å²) in [5, 5.41) is 26.8. The van der Waals surface area contributed by atoms with Gasteiger partial charge in [-0.25, -0.2) is 13.2 Å². The Morgan fingerprint density at radius 2 is 1.72 bits per heavy atom. The topological polar surface area (TPSA) is 201 Å². The molecule has 2 fully saturated rings. The lowest BCUT2D eigenvalue weighted by Gasteiger charge is -2.31. The van der Waals surface area contributed by atoms with Gasteiger partial charge in [-0.15, -0.1) is 0 Å². The Balaban J connectivity index is 1.44. The van der Waals surface area contributed by atoms with Crippen LogP contribution in [0.5, 0.6) is 0 Å². The first-order chi connectivity index (χ1) is 25.6. The SMILES string of the molecule is CC(C)CN(C[C@@H](O)[C@H](Cc1ccccc1)NC(=O)O[C@H]1CO[C@@H](C)[C@H]1CCO)S(=O)(=O)c1ccc(CNC(=O)[C@@H]2CCCN2C(=O)[C@@H](N)C(C)C)cc1. The summed E-state index contributed by atoms with van der Waals surface area (Å²) in [6.07, 6.45) is -0.998. The molecule has 0 spiro atoms. The van der Waals surface area contributed by atoms with Crippen LogP contribution in [-0.4, -0.2) is 115 Å². The van der Waals surface area contributed by atoms with Gasteiger partial charge in [-0.05, 0) is 67.7 Å². The van der Waals surface area contributed by atoms with Crippen LogP contribution in [0.2, 0.25) is 0 Å². The molecule has 0 saturated carbocycles. The number of alkyl carbamates (subject to hydrolysis) is 1. The van der Waals surface area contributed by atoms with E-state index >= 15 is 0 Å². The number of amides is 3. The van der Waals surface area contributed by atoms with Crippen LogP contribution in [-0.2, 0) is 42.1 Å². The molecule has 2 aliphatic rings. The van der Waals surface area contributed by atoms with Crippen LogP contribution in [0.25, 0.3) is 0 Å². The van der Waals surface area contributed by atoms with Crippen molar-refractivity contribution in [2.75, 3.05) is 32.8 Å². The summed E-state index contributed by atoms with van der Waals surface area (Å²) >= 11 is 0. The molecular formula is C39H59N5O9S. The third-order valence-electron chi connectivity index (χ3n) is 10.2. The van der Waals surface area contributed by atoms with Gasteiger partial charge in [0.25, 0.3) is 0 Å². The van der Waals surface area contributed by atoms with Gasteiger partial charge in [0, 0.05) is 38.7 Å². The normalized spacial score (nSPS) is 22.0. The van der Waals surface area contributed by atoms with Crippen LogP contribution in [0.4, 0.5) is 4.79 Å². The molecule has 54 heavy (non-hydrogen) atoms. The predicted octanol–water partition coefficient (Wildman–Crippen LogP) is 2.41. The molecule has 0 aromatic heterocycles. The molecule has 15 heteroatoms. The summed E-state index contributed by atoms with van der Waals surface area (Å²) in [6, 6.07) is 13.2. The van der Waals surface area contributed by atoms with Crippen molar-refractivity contribution in [2.45, 2.75) is 108 Å². The second-order valence-electron chi connectivity index (χ2n) is 15.2. The number of carbonyl (C=O) groups excluding carboxylic acids is 3. The number of benzene rings is 2. The second kappa shape index (κ2) is 19.8. The Kier molecular flexibility index (Phi) is 15.8. The van der Waals surface area contributed by atoms with E-state index in [1.54, 1.807) is 17.0 Å². The first-order valence-electron chi connectivity index (χ1n) is 19.0. The maximum Gasteiger partial charge on any atom is 0.407 e. The Hall–Kier alpha value is -3.60. The summed E-state index contributed by atoms with van der Waals surface area (Å²) in [4.78, 5) is 40.7. The summed E-state index contributed by atoms with van der Waals surface area (Å²) in [7, 11) is -4.11. The predicted molar refractivity (Wildman–Crippen MR) is 203 cm³/mol. The molecule has 2 heterocycles. The lowest BCUT2D eigenvalue weighted by atomic mass is 9.96. The summed E-state index contributed by atoms with van der Waals surface area (Å²) in [5.74, 6) is -0.854. The molecule has 14 nitrogen and oxygen atoms in total. The number of rotatable bonds is 18. The van der Waals surface area contributed by atoms with Gasteiger partial charge in [-0.3, -0.25) is 9.59 Å². The average Bonchev–Trinajstić information content (AvgIpc) is 3.77. The highest BCUT2D eigenvalue weighted by molar-refractivity contribution is 7.89. The first-order valence-corrected chi connectivity index (χ1v) is 20.4. The first kappa shape index (κ1) is 43.1. The lowest BCUT2D eigenvalue weighted by molar-refractivity contribution is -0.140. The van der Waals surface area contributed by atoms with Crippen molar-refractivity contribution >= 4 is 27.9 Å². The van der Waals surface area contributed by atoms with Gasteiger partial charge in [0.2, 0.25) is 21.8 Å². The van der Waals surface area contributed by atoms with Crippen LogP contribution >= 0.6 is 0 Å². The van der Waals surface area contributed by atoms with Crippen LogP contribution in [0, 0.1) is 17.8 Å². The van der Waals surface area contributed by atoms with Crippen molar-refractivity contribution in [2.24, 2.45) is 23.5 Å². The molecule has 2 aromatic carbocycles. The maximum absolute atomic E-state index is 14.1. The third kappa shape index (κ3) is 11.5. The van der Waals surface area contributed by atoms with Crippen LogP contribution in [0.3, 0.4) is 0 Å². The Morgan fingerprint density at radius 3 is 2.35 bits per heavy atom. The number of ether oxygens (including phenoxy) is 2. The fourth-order valence-electron chi connectivity index (χ4n) is 6.99. The molecule has 0 aliphatic carbocycles. The molecule has 2 saturated heterocycles. The molecule has 0 unspecified atom stereocenters. The number of nitrogens with one attached hydrogen (secondary N) is 2. The van der Waals surface area contributed by atoms with E-state index in [2.05, 4.69) is 10.6 Å². The van der Waals surface area contributed by atoms with Crippen molar-refractivity contribution in [1.29, 1.82) is 0 Å². The molecule has 0 bridgehead atoms. The van der Waals surface area contributed by atoms with Crippen molar-refractivity contribution < 1.29 is 42.5 Å². The monoisotopic (exact) mass is 773 g/mol. The van der Waals surface area contributed by atoms with Gasteiger partial charge in [-0.1, -0.05) is 70.2 Å². The summed E-state index contributed by atoms with van der Waals surface area (Å²) in [5.41, 5.74) is 7.57. The molecule has 0 radical (unpaired) electrons. The van der Waals surface area contributed by atoms with Crippen molar-refractivity contribution in [1.82, 2.24) is 19.8 Å². The van der Waals surface area contributed by atoms with Crippen LogP contribution < -0.4 is 16.4 Å². The zero-order valence-electron chi connectivity index (χ0n) is 32.1. The molecule has 4 rings (SSSR count). The number of sulfonamides is 1. The van der Waals surface area contributed by atoms with Gasteiger partial charge in [-0.2, -0.15) is 4.31 Å². The lowest BCUT2D eigenvalue weighted by Crippen LogP contribution is -2.52. The molecule has 2 aliphatic heterocycles. The van der Waals surface area contributed by atoms with E-state index in [0.29, 0.717) is 31.4 Å². The van der Waals surface area contributed by atoms with Crippen LogP contribution in [0.15, 0.2) is 59.5 Å². The largest absolute Gasteiger partial charge is 0.443 e. The number of hydrogen-bond acceptors (Lipinski definition) is 10. The number of nitrogens with zero attached hydrogens (tertiary/aromatic N) is 2. The van der Waals surface area contributed by atoms with Crippen molar-refractivity contribution in [3.05, 3.63) is 65.7 Å². The van der Waals surface area contributed by atoms with Crippen LogP contribution in [0.1, 0.15) is 65.0 Å². The molecule has 3 amide bonds. The van der Waals surface area contributed by atoms with E-state index in [9.17, 15) is 33.0 Å². The van der Waals surface area contributed by atoms with E-state index in [0.717, 1.165) is 5.56 Å². The van der Waals surface area contributed by atoms with Crippen molar-refractivity contribution in [3.8, 4) is 0 Å². The Labute approximate surface area is 319 Å².